The first kappa shape index (κ1) is 20.3. The number of aromatic nitrogens is 2. The van der Waals surface area contributed by atoms with Gasteiger partial charge in [0.2, 0.25) is 5.95 Å². The van der Waals surface area contributed by atoms with Crippen molar-refractivity contribution in [1.82, 2.24) is 9.97 Å². The summed E-state index contributed by atoms with van der Waals surface area (Å²) in [6.45, 7) is 4.74. The van der Waals surface area contributed by atoms with E-state index in [-0.39, 0.29) is 11.5 Å². The van der Waals surface area contributed by atoms with Crippen molar-refractivity contribution in [2.24, 2.45) is 0 Å². The van der Waals surface area contributed by atoms with Gasteiger partial charge in [-0.3, -0.25) is 4.79 Å². The molecular formula is C23H23N5O3. The van der Waals surface area contributed by atoms with Gasteiger partial charge in [0.15, 0.2) is 0 Å². The number of rotatable bonds is 5. The van der Waals surface area contributed by atoms with Crippen molar-refractivity contribution < 1.29 is 14.7 Å². The maximum Gasteiger partial charge on any atom is 0.335 e. The Morgan fingerprint density at radius 1 is 0.903 bits per heavy atom. The molecule has 0 bridgehead atoms. The highest BCUT2D eigenvalue weighted by molar-refractivity contribution is 6.06. The lowest BCUT2D eigenvalue weighted by atomic mass is 10.1. The van der Waals surface area contributed by atoms with Gasteiger partial charge in [-0.25, -0.2) is 14.8 Å². The highest BCUT2D eigenvalue weighted by Crippen LogP contribution is 2.29. The lowest BCUT2D eigenvalue weighted by molar-refractivity contribution is 0.0696. The molecule has 1 aliphatic heterocycles. The first-order valence-electron chi connectivity index (χ1n) is 10.0. The van der Waals surface area contributed by atoms with Gasteiger partial charge in [0.25, 0.3) is 5.91 Å². The third kappa shape index (κ3) is 4.63. The van der Waals surface area contributed by atoms with Gasteiger partial charge in [0, 0.05) is 44.1 Å². The summed E-state index contributed by atoms with van der Waals surface area (Å²) in [5, 5.41) is 12.3. The highest BCUT2D eigenvalue weighted by atomic mass is 16.4. The van der Waals surface area contributed by atoms with E-state index in [0.717, 1.165) is 24.3 Å². The second-order valence-corrected chi connectivity index (χ2v) is 7.38. The van der Waals surface area contributed by atoms with Gasteiger partial charge in [-0.05, 0) is 43.3 Å². The van der Waals surface area contributed by atoms with E-state index in [1.54, 1.807) is 42.7 Å². The molecule has 2 heterocycles. The van der Waals surface area contributed by atoms with Crippen molar-refractivity contribution in [3.8, 4) is 0 Å². The summed E-state index contributed by atoms with van der Waals surface area (Å²) in [7, 11) is 0. The molecule has 1 aromatic heterocycles. The largest absolute Gasteiger partial charge is 0.478 e. The molecule has 1 saturated heterocycles. The van der Waals surface area contributed by atoms with Gasteiger partial charge in [-0.1, -0.05) is 17.7 Å². The summed E-state index contributed by atoms with van der Waals surface area (Å²) in [6, 6.07) is 13.9. The SMILES string of the molecule is Cc1cccc(C(=O)Nc2cc(C(=O)O)ccc2N2CCN(c3ncccn3)CC2)c1. The van der Waals surface area contributed by atoms with Crippen LogP contribution in [0.3, 0.4) is 0 Å². The van der Waals surface area contributed by atoms with Crippen LogP contribution in [0.5, 0.6) is 0 Å². The molecule has 0 aliphatic carbocycles. The molecule has 1 fully saturated rings. The topological polar surface area (TPSA) is 98.7 Å². The van der Waals surface area contributed by atoms with Crippen LogP contribution in [0.4, 0.5) is 17.3 Å². The Labute approximate surface area is 180 Å². The summed E-state index contributed by atoms with van der Waals surface area (Å²) in [5.74, 6) is -0.621. The van der Waals surface area contributed by atoms with Crippen LogP contribution < -0.4 is 15.1 Å². The van der Waals surface area contributed by atoms with Crippen molar-refractivity contribution in [1.29, 1.82) is 0 Å². The number of benzene rings is 2. The number of nitrogens with one attached hydrogen (secondary N) is 1. The molecule has 1 amide bonds. The maximum atomic E-state index is 12.8. The van der Waals surface area contributed by atoms with Crippen LogP contribution in [-0.2, 0) is 0 Å². The van der Waals surface area contributed by atoms with Crippen LogP contribution in [0.25, 0.3) is 0 Å². The molecule has 1 aliphatic rings. The Balaban J connectivity index is 1.56. The average Bonchev–Trinajstić information content (AvgIpc) is 2.80. The van der Waals surface area contributed by atoms with Crippen LogP contribution in [0.15, 0.2) is 60.9 Å². The van der Waals surface area contributed by atoms with Gasteiger partial charge in [-0.15, -0.1) is 0 Å². The fraction of sp³-hybridized carbons (Fsp3) is 0.217. The van der Waals surface area contributed by atoms with E-state index < -0.39 is 5.97 Å². The number of amides is 1. The van der Waals surface area contributed by atoms with Gasteiger partial charge in [0.05, 0.1) is 16.9 Å². The summed E-state index contributed by atoms with van der Waals surface area (Å²) >= 11 is 0. The summed E-state index contributed by atoms with van der Waals surface area (Å²) in [5.41, 5.74) is 2.90. The van der Waals surface area contributed by atoms with Crippen molar-refractivity contribution in [2.45, 2.75) is 6.92 Å². The number of carboxylic acid groups (broad SMARTS) is 1. The number of hydrogen-bond acceptors (Lipinski definition) is 6. The van der Waals surface area contributed by atoms with Crippen LogP contribution >= 0.6 is 0 Å². The van der Waals surface area contributed by atoms with E-state index in [1.807, 2.05) is 19.1 Å². The van der Waals surface area contributed by atoms with E-state index in [9.17, 15) is 14.7 Å². The van der Waals surface area contributed by atoms with E-state index in [2.05, 4.69) is 25.1 Å². The average molecular weight is 417 g/mol. The second kappa shape index (κ2) is 8.83. The first-order valence-corrected chi connectivity index (χ1v) is 10.0. The van der Waals surface area contributed by atoms with Crippen LogP contribution in [0.1, 0.15) is 26.3 Å². The van der Waals surface area contributed by atoms with Crippen molar-refractivity contribution >= 4 is 29.2 Å². The maximum absolute atomic E-state index is 12.8. The Hall–Kier alpha value is -3.94. The Bertz CT molecular complexity index is 1100. The monoisotopic (exact) mass is 417 g/mol. The quantitative estimate of drug-likeness (QED) is 0.658. The van der Waals surface area contributed by atoms with Gasteiger partial charge < -0.3 is 20.2 Å². The minimum atomic E-state index is -1.04. The number of carboxylic acids is 1. The fourth-order valence-electron chi connectivity index (χ4n) is 3.63. The Kier molecular flexibility index (Phi) is 5.79. The number of carbonyl (C=O) groups is 2. The van der Waals surface area contributed by atoms with Gasteiger partial charge in [-0.2, -0.15) is 0 Å². The van der Waals surface area contributed by atoms with Crippen LogP contribution in [-0.4, -0.2) is 53.1 Å². The third-order valence-electron chi connectivity index (χ3n) is 5.23. The molecule has 8 heteroatoms. The zero-order valence-corrected chi connectivity index (χ0v) is 17.2. The molecule has 8 nitrogen and oxygen atoms in total. The minimum absolute atomic E-state index is 0.125. The van der Waals surface area contributed by atoms with Crippen molar-refractivity contribution in [3.63, 3.8) is 0 Å². The Morgan fingerprint density at radius 3 is 2.29 bits per heavy atom. The Morgan fingerprint density at radius 2 is 1.61 bits per heavy atom. The van der Waals surface area contributed by atoms with E-state index in [4.69, 9.17) is 0 Å². The summed E-state index contributed by atoms with van der Waals surface area (Å²) in [6.07, 6.45) is 3.44. The van der Waals surface area contributed by atoms with Crippen LogP contribution in [0.2, 0.25) is 0 Å². The van der Waals surface area contributed by atoms with Gasteiger partial charge in [0.1, 0.15) is 0 Å². The lowest BCUT2D eigenvalue weighted by Crippen LogP contribution is -2.47. The van der Waals surface area contributed by atoms with Gasteiger partial charge >= 0.3 is 5.97 Å². The molecule has 0 saturated carbocycles. The first-order chi connectivity index (χ1) is 15.0. The number of anilines is 3. The zero-order valence-electron chi connectivity index (χ0n) is 17.2. The van der Waals surface area contributed by atoms with Crippen molar-refractivity contribution in [2.75, 3.05) is 41.3 Å². The molecule has 3 aromatic rings. The number of nitrogens with zero attached hydrogens (tertiary/aromatic N) is 4. The predicted octanol–water partition coefficient (Wildman–Crippen LogP) is 3.06. The summed E-state index contributed by atoms with van der Waals surface area (Å²) in [4.78, 5) is 37.2. The second-order valence-electron chi connectivity index (χ2n) is 7.38. The minimum Gasteiger partial charge on any atom is -0.478 e. The summed E-state index contributed by atoms with van der Waals surface area (Å²) < 4.78 is 0. The highest BCUT2D eigenvalue weighted by Gasteiger charge is 2.22. The standard InChI is InChI=1S/C23H23N5O3/c1-16-4-2-5-17(14-16)21(29)26-19-15-18(22(30)31)6-7-20(19)27-10-12-28(13-11-27)23-24-8-3-9-25-23/h2-9,14-15H,10-13H2,1H3,(H,26,29)(H,30,31). The number of hydrogen-bond donors (Lipinski definition) is 2. The molecule has 0 spiro atoms. The molecule has 2 N–H and O–H groups in total. The molecular weight excluding hydrogens is 394 g/mol. The van der Waals surface area contributed by atoms with Crippen molar-refractivity contribution in [3.05, 3.63) is 77.6 Å². The molecule has 2 aromatic carbocycles. The molecule has 158 valence electrons. The van der Waals surface area contributed by atoms with E-state index >= 15 is 0 Å². The molecule has 31 heavy (non-hydrogen) atoms. The normalized spacial score (nSPS) is 13.7. The molecule has 0 unspecified atom stereocenters. The molecule has 0 atom stereocenters. The molecule has 4 rings (SSSR count). The zero-order chi connectivity index (χ0) is 21.8. The smallest absolute Gasteiger partial charge is 0.335 e. The number of aryl methyl sites for hydroxylation is 1. The number of aromatic carboxylic acids is 1. The third-order valence-corrected chi connectivity index (χ3v) is 5.23. The number of carbonyl (C=O) groups excluding carboxylic acids is 1. The lowest BCUT2D eigenvalue weighted by Gasteiger charge is -2.37. The predicted molar refractivity (Wildman–Crippen MR) is 119 cm³/mol. The fourth-order valence-corrected chi connectivity index (χ4v) is 3.63. The van der Waals surface area contributed by atoms with Crippen LogP contribution in [0, 0.1) is 6.92 Å². The van der Waals surface area contributed by atoms with E-state index in [1.165, 1.54) is 6.07 Å². The molecule has 0 radical (unpaired) electrons. The van der Waals surface area contributed by atoms with E-state index in [0.29, 0.717) is 30.3 Å². The number of piperazine rings is 1.